The first-order valence-corrected chi connectivity index (χ1v) is 9.01. The molecular weight excluding hydrogens is 454 g/mol. The third kappa shape index (κ3) is 7.01. The Kier molecular flexibility index (Phi) is 8.21. The lowest BCUT2D eigenvalue weighted by Gasteiger charge is -2.11. The maximum atomic E-state index is 12.7. The average Bonchev–Trinajstić information content (AvgIpc) is 2.66. The second-order valence-electron chi connectivity index (χ2n) is 5.65. The van der Waals surface area contributed by atoms with Gasteiger partial charge in [-0.2, -0.15) is 13.2 Å². The van der Waals surface area contributed by atoms with E-state index >= 15 is 0 Å². The fraction of sp³-hybridized carbons (Fsp3) is 0.294. The van der Waals surface area contributed by atoms with Gasteiger partial charge < -0.3 is 14.8 Å². The van der Waals surface area contributed by atoms with Crippen molar-refractivity contribution in [1.82, 2.24) is 10.3 Å². The van der Waals surface area contributed by atoms with Crippen LogP contribution in [0.1, 0.15) is 15.9 Å². The summed E-state index contributed by atoms with van der Waals surface area (Å²) in [6.45, 7) is 0.0161. The van der Waals surface area contributed by atoms with Gasteiger partial charge in [0.25, 0.3) is 11.6 Å². The van der Waals surface area contributed by atoms with Crippen molar-refractivity contribution in [2.24, 2.45) is 0 Å². The van der Waals surface area contributed by atoms with Crippen LogP contribution in [0.2, 0.25) is 10.2 Å². The molecule has 0 bridgehead atoms. The maximum Gasteiger partial charge on any atom is 0.416 e. The molecule has 162 valence electrons. The summed E-state index contributed by atoms with van der Waals surface area (Å²) in [5, 5.41) is 12.9. The van der Waals surface area contributed by atoms with Crippen molar-refractivity contribution < 1.29 is 32.4 Å². The standard InChI is InChI=1S/C17H14Cl2F3N3O5/c18-13-2-1-11(25(27)28)9-12(13)16(26)23-3-4-29-5-6-30-15-8-10(17(20,21)22)7-14(19)24-15/h1-2,7-9H,3-6H2,(H,23,26). The number of rotatable bonds is 9. The highest BCUT2D eigenvalue weighted by Gasteiger charge is 2.31. The molecule has 0 unspecified atom stereocenters. The number of amides is 1. The van der Waals surface area contributed by atoms with Crippen LogP contribution in [-0.4, -0.2) is 42.2 Å². The van der Waals surface area contributed by atoms with Crippen LogP contribution in [0, 0.1) is 10.1 Å². The zero-order valence-corrected chi connectivity index (χ0v) is 16.6. The number of benzene rings is 1. The molecule has 1 heterocycles. The van der Waals surface area contributed by atoms with E-state index in [0.29, 0.717) is 6.07 Å². The van der Waals surface area contributed by atoms with Crippen molar-refractivity contribution in [1.29, 1.82) is 0 Å². The molecule has 30 heavy (non-hydrogen) atoms. The fourth-order valence-electron chi connectivity index (χ4n) is 2.15. The van der Waals surface area contributed by atoms with Gasteiger partial charge >= 0.3 is 6.18 Å². The lowest BCUT2D eigenvalue weighted by Crippen LogP contribution is -2.28. The third-order valence-corrected chi connectivity index (χ3v) is 4.04. The molecule has 0 radical (unpaired) electrons. The van der Waals surface area contributed by atoms with Crippen molar-refractivity contribution in [3.63, 3.8) is 0 Å². The van der Waals surface area contributed by atoms with Crippen molar-refractivity contribution in [2.75, 3.05) is 26.4 Å². The van der Waals surface area contributed by atoms with Crippen LogP contribution in [0.25, 0.3) is 0 Å². The van der Waals surface area contributed by atoms with Gasteiger partial charge in [-0.1, -0.05) is 23.2 Å². The summed E-state index contributed by atoms with van der Waals surface area (Å²) < 4.78 is 48.4. The number of aromatic nitrogens is 1. The number of hydrogen-bond acceptors (Lipinski definition) is 6. The van der Waals surface area contributed by atoms with Crippen LogP contribution in [0.5, 0.6) is 5.88 Å². The van der Waals surface area contributed by atoms with Gasteiger partial charge in [0, 0.05) is 24.7 Å². The van der Waals surface area contributed by atoms with Gasteiger partial charge in [-0.3, -0.25) is 14.9 Å². The molecule has 13 heteroatoms. The van der Waals surface area contributed by atoms with Gasteiger partial charge in [0.15, 0.2) is 0 Å². The van der Waals surface area contributed by atoms with E-state index in [1.165, 1.54) is 12.1 Å². The zero-order chi connectivity index (χ0) is 22.3. The lowest BCUT2D eigenvalue weighted by molar-refractivity contribution is -0.384. The smallest absolute Gasteiger partial charge is 0.416 e. The normalized spacial score (nSPS) is 11.2. The molecule has 0 aliphatic rings. The SMILES string of the molecule is O=C(NCCOCCOc1cc(C(F)(F)F)cc(Cl)n1)c1cc([N+](=O)[O-])ccc1Cl. The van der Waals surface area contributed by atoms with Crippen molar-refractivity contribution in [3.8, 4) is 5.88 Å². The van der Waals surface area contributed by atoms with Crippen LogP contribution >= 0.6 is 23.2 Å². The molecule has 2 aromatic rings. The number of hydrogen-bond donors (Lipinski definition) is 1. The number of halogens is 5. The largest absolute Gasteiger partial charge is 0.475 e. The molecule has 1 N–H and O–H groups in total. The fourth-order valence-corrected chi connectivity index (χ4v) is 2.55. The van der Waals surface area contributed by atoms with E-state index in [9.17, 15) is 28.1 Å². The highest BCUT2D eigenvalue weighted by Crippen LogP contribution is 2.32. The van der Waals surface area contributed by atoms with Crippen LogP contribution in [0.15, 0.2) is 30.3 Å². The van der Waals surface area contributed by atoms with Crippen molar-refractivity contribution >= 4 is 34.8 Å². The van der Waals surface area contributed by atoms with Gasteiger partial charge in [0.1, 0.15) is 11.8 Å². The minimum Gasteiger partial charge on any atom is -0.475 e. The van der Waals surface area contributed by atoms with Crippen molar-refractivity contribution in [3.05, 3.63) is 61.7 Å². The van der Waals surface area contributed by atoms with Gasteiger partial charge in [0.2, 0.25) is 5.88 Å². The summed E-state index contributed by atoms with van der Waals surface area (Å²) in [4.78, 5) is 25.8. The maximum absolute atomic E-state index is 12.7. The second kappa shape index (κ2) is 10.4. The second-order valence-corrected chi connectivity index (χ2v) is 6.45. The summed E-state index contributed by atoms with van der Waals surface area (Å²) in [7, 11) is 0. The first-order valence-electron chi connectivity index (χ1n) is 8.25. The molecule has 0 aliphatic carbocycles. The first kappa shape index (κ1) is 23.6. The Morgan fingerprint density at radius 3 is 2.57 bits per heavy atom. The number of carbonyl (C=O) groups is 1. The molecular formula is C17H14Cl2F3N3O5. The summed E-state index contributed by atoms with van der Waals surface area (Å²) in [5.41, 5.74) is -1.32. The van der Waals surface area contributed by atoms with Crippen LogP contribution in [0.4, 0.5) is 18.9 Å². The molecule has 2 rings (SSSR count). The highest BCUT2D eigenvalue weighted by atomic mass is 35.5. The van der Waals surface area contributed by atoms with E-state index in [1.54, 1.807) is 0 Å². The Balaban J connectivity index is 1.73. The van der Waals surface area contributed by atoms with Gasteiger partial charge in [0.05, 0.1) is 34.3 Å². The number of ether oxygens (including phenoxy) is 2. The minimum absolute atomic E-state index is 0.00296. The first-order chi connectivity index (χ1) is 14.1. The van der Waals surface area contributed by atoms with Crippen molar-refractivity contribution in [2.45, 2.75) is 6.18 Å². The van der Waals surface area contributed by atoms with E-state index in [2.05, 4.69) is 10.3 Å². The third-order valence-electron chi connectivity index (χ3n) is 3.51. The molecule has 8 nitrogen and oxygen atoms in total. The van der Waals surface area contributed by atoms with E-state index in [0.717, 1.165) is 12.1 Å². The summed E-state index contributed by atoms with van der Waals surface area (Å²) >= 11 is 11.4. The molecule has 0 aliphatic heterocycles. The Morgan fingerprint density at radius 1 is 1.17 bits per heavy atom. The van der Waals surface area contributed by atoms with Crippen LogP contribution < -0.4 is 10.1 Å². The average molecular weight is 468 g/mol. The number of nitrogens with zero attached hydrogens (tertiary/aromatic N) is 2. The summed E-state index contributed by atoms with van der Waals surface area (Å²) in [5.74, 6) is -0.918. The minimum atomic E-state index is -4.58. The molecule has 0 fully saturated rings. The number of non-ortho nitro benzene ring substituents is 1. The summed E-state index contributed by atoms with van der Waals surface area (Å²) in [6, 6.07) is 4.88. The Labute approximate surface area is 178 Å². The predicted octanol–water partition coefficient (Wildman–Crippen LogP) is 4.14. The van der Waals surface area contributed by atoms with Crippen LogP contribution in [0.3, 0.4) is 0 Å². The predicted molar refractivity (Wildman–Crippen MR) is 101 cm³/mol. The number of pyridine rings is 1. The molecule has 0 saturated heterocycles. The molecule has 0 spiro atoms. The van der Waals surface area contributed by atoms with Gasteiger partial charge in [-0.05, 0) is 12.1 Å². The van der Waals surface area contributed by atoms with Gasteiger partial charge in [-0.25, -0.2) is 4.98 Å². The Morgan fingerprint density at radius 2 is 1.90 bits per heavy atom. The summed E-state index contributed by atoms with van der Waals surface area (Å²) in [6.07, 6.45) is -4.58. The quantitative estimate of drug-likeness (QED) is 0.257. The molecule has 1 amide bonds. The Hall–Kier alpha value is -2.63. The highest BCUT2D eigenvalue weighted by molar-refractivity contribution is 6.34. The van der Waals surface area contributed by atoms with E-state index in [-0.39, 0.29) is 53.7 Å². The number of nitro benzene ring substituents is 1. The van der Waals surface area contributed by atoms with Crippen LogP contribution in [-0.2, 0) is 10.9 Å². The topological polar surface area (TPSA) is 104 Å². The van der Waals surface area contributed by atoms with Gasteiger partial charge in [-0.15, -0.1) is 0 Å². The monoisotopic (exact) mass is 467 g/mol. The number of nitrogens with one attached hydrogen (secondary N) is 1. The lowest BCUT2D eigenvalue weighted by atomic mass is 10.2. The number of carbonyl (C=O) groups excluding carboxylic acids is 1. The number of nitro groups is 1. The van der Waals surface area contributed by atoms with E-state index in [4.69, 9.17) is 32.7 Å². The molecule has 0 atom stereocenters. The zero-order valence-electron chi connectivity index (χ0n) is 15.0. The molecule has 0 saturated carbocycles. The Bertz CT molecular complexity index is 928. The van der Waals surface area contributed by atoms with E-state index < -0.39 is 22.6 Å². The number of alkyl halides is 3. The van der Waals surface area contributed by atoms with E-state index in [1.807, 2.05) is 0 Å². The molecule has 1 aromatic heterocycles. The molecule has 1 aromatic carbocycles.